The molecule has 0 unspecified atom stereocenters. The second kappa shape index (κ2) is 9.30. The summed E-state index contributed by atoms with van der Waals surface area (Å²) in [5.74, 6) is -2.83. The molecule has 0 aliphatic carbocycles. The van der Waals surface area contributed by atoms with Crippen LogP contribution in [0.1, 0.15) is 38.1 Å². The van der Waals surface area contributed by atoms with Crippen molar-refractivity contribution in [3.63, 3.8) is 0 Å². The predicted molar refractivity (Wildman–Crippen MR) is 127 cm³/mol. The number of nitrogens with zero attached hydrogens (tertiary/aromatic N) is 2. The Labute approximate surface area is 204 Å². The maximum Gasteiger partial charge on any atom is 0.350 e. The number of benzene rings is 2. The third-order valence-corrected chi connectivity index (χ3v) is 6.82. The number of methoxy groups -OCH3 is 2. The lowest BCUT2D eigenvalue weighted by Crippen LogP contribution is -2.29. The minimum atomic E-state index is -1.10. The number of carbonyl (C=O) groups excluding carboxylic acids is 3. The van der Waals surface area contributed by atoms with Crippen LogP contribution in [0.5, 0.6) is 5.75 Å². The van der Waals surface area contributed by atoms with E-state index in [1.54, 1.807) is 32.0 Å². The molecule has 3 aromatic rings. The molecule has 1 amide bonds. The minimum Gasteiger partial charge on any atom is -0.507 e. The van der Waals surface area contributed by atoms with Crippen LogP contribution in [-0.4, -0.2) is 42.0 Å². The Balaban J connectivity index is 1.94. The molecule has 1 aliphatic heterocycles. The monoisotopic (exact) mass is 496 g/mol. The molecule has 1 aliphatic rings. The summed E-state index contributed by atoms with van der Waals surface area (Å²) in [4.78, 5) is 44.2. The third kappa shape index (κ3) is 4.17. The first kappa shape index (κ1) is 24.1. The first-order valence-corrected chi connectivity index (χ1v) is 11.3. The molecule has 10 heteroatoms. The highest BCUT2D eigenvalue weighted by Crippen LogP contribution is 2.44. The SMILES string of the molecule is COC(=O)c1sc(N2C(=O)C(=O)/C(=C(/O)c3ccc(OC)cc3C)[C@@H]2c2ccc(F)cc2)nc1C. The summed E-state index contributed by atoms with van der Waals surface area (Å²) in [6.45, 7) is 3.31. The van der Waals surface area contributed by atoms with Crippen LogP contribution in [-0.2, 0) is 14.3 Å². The highest BCUT2D eigenvalue weighted by atomic mass is 32.1. The lowest BCUT2D eigenvalue weighted by atomic mass is 9.94. The summed E-state index contributed by atoms with van der Waals surface area (Å²) < 4.78 is 23.7. The number of hydrogen-bond acceptors (Lipinski definition) is 8. The van der Waals surface area contributed by atoms with E-state index in [4.69, 9.17) is 9.47 Å². The van der Waals surface area contributed by atoms with Gasteiger partial charge in [-0.25, -0.2) is 14.2 Å². The summed E-state index contributed by atoms with van der Waals surface area (Å²) in [6, 6.07) is 9.03. The Kier molecular flexibility index (Phi) is 6.40. The summed E-state index contributed by atoms with van der Waals surface area (Å²) in [6.07, 6.45) is 0. The van der Waals surface area contributed by atoms with E-state index in [1.165, 1.54) is 38.5 Å². The number of aromatic nitrogens is 1. The van der Waals surface area contributed by atoms with Crippen molar-refractivity contribution in [2.75, 3.05) is 19.1 Å². The molecule has 4 rings (SSSR count). The van der Waals surface area contributed by atoms with E-state index >= 15 is 0 Å². The van der Waals surface area contributed by atoms with Crippen LogP contribution in [0.2, 0.25) is 0 Å². The van der Waals surface area contributed by atoms with Crippen molar-refractivity contribution >= 4 is 39.9 Å². The van der Waals surface area contributed by atoms with Crippen LogP contribution in [0, 0.1) is 19.7 Å². The second-order valence-corrected chi connectivity index (χ2v) is 8.78. The lowest BCUT2D eigenvalue weighted by molar-refractivity contribution is -0.132. The smallest absolute Gasteiger partial charge is 0.350 e. The molecular formula is C25H21FN2O6S. The molecule has 8 nitrogen and oxygen atoms in total. The molecule has 0 spiro atoms. The number of amides is 1. The number of rotatable bonds is 5. The van der Waals surface area contributed by atoms with E-state index in [0.29, 0.717) is 28.1 Å². The van der Waals surface area contributed by atoms with E-state index in [-0.39, 0.29) is 21.3 Å². The van der Waals surface area contributed by atoms with E-state index in [2.05, 4.69) is 4.98 Å². The van der Waals surface area contributed by atoms with Gasteiger partial charge >= 0.3 is 11.9 Å². The number of esters is 1. The number of carbonyl (C=O) groups is 3. The predicted octanol–water partition coefficient (Wildman–Crippen LogP) is 4.32. The Hall–Kier alpha value is -4.05. The second-order valence-electron chi connectivity index (χ2n) is 7.80. The number of aliphatic hydroxyl groups is 1. The summed E-state index contributed by atoms with van der Waals surface area (Å²) in [7, 11) is 2.73. The number of hydrogen-bond donors (Lipinski definition) is 1. The van der Waals surface area contributed by atoms with E-state index in [9.17, 15) is 23.9 Å². The molecule has 2 heterocycles. The van der Waals surface area contributed by atoms with Gasteiger partial charge in [-0.2, -0.15) is 0 Å². The molecule has 0 radical (unpaired) electrons. The number of aliphatic hydroxyl groups excluding tert-OH is 1. The van der Waals surface area contributed by atoms with Crippen molar-refractivity contribution in [2.24, 2.45) is 0 Å². The van der Waals surface area contributed by atoms with Crippen molar-refractivity contribution in [1.29, 1.82) is 0 Å². The average molecular weight is 497 g/mol. The molecule has 1 saturated heterocycles. The molecular weight excluding hydrogens is 475 g/mol. The van der Waals surface area contributed by atoms with Gasteiger partial charge in [-0.15, -0.1) is 0 Å². The number of ether oxygens (including phenoxy) is 2. The largest absolute Gasteiger partial charge is 0.507 e. The van der Waals surface area contributed by atoms with Crippen molar-refractivity contribution in [1.82, 2.24) is 4.98 Å². The molecule has 0 bridgehead atoms. The molecule has 180 valence electrons. The van der Waals surface area contributed by atoms with Gasteiger partial charge in [0.25, 0.3) is 5.78 Å². The fraction of sp³-hybridized carbons (Fsp3) is 0.200. The van der Waals surface area contributed by atoms with E-state index in [1.807, 2.05) is 0 Å². The number of thiazole rings is 1. The first-order valence-electron chi connectivity index (χ1n) is 10.4. The van der Waals surface area contributed by atoms with Crippen molar-refractivity contribution in [3.05, 3.63) is 81.1 Å². The third-order valence-electron chi connectivity index (χ3n) is 5.68. The van der Waals surface area contributed by atoms with Crippen LogP contribution in [0.3, 0.4) is 0 Å². The van der Waals surface area contributed by atoms with Gasteiger partial charge in [0.1, 0.15) is 22.2 Å². The minimum absolute atomic E-state index is 0.0739. The Morgan fingerprint density at radius 1 is 1.11 bits per heavy atom. The highest BCUT2D eigenvalue weighted by Gasteiger charge is 2.48. The first-order chi connectivity index (χ1) is 16.7. The zero-order valence-electron chi connectivity index (χ0n) is 19.3. The molecule has 1 aromatic heterocycles. The average Bonchev–Trinajstić information content (AvgIpc) is 3.35. The summed E-state index contributed by atoms with van der Waals surface area (Å²) in [5.41, 5.74) is 1.47. The molecule has 35 heavy (non-hydrogen) atoms. The molecule has 1 N–H and O–H groups in total. The zero-order chi connectivity index (χ0) is 25.4. The number of ketones is 1. The lowest BCUT2D eigenvalue weighted by Gasteiger charge is -2.23. The maximum absolute atomic E-state index is 13.7. The van der Waals surface area contributed by atoms with Gasteiger partial charge in [0, 0.05) is 5.56 Å². The van der Waals surface area contributed by atoms with Crippen LogP contribution < -0.4 is 9.64 Å². The fourth-order valence-corrected chi connectivity index (χ4v) is 4.94. The maximum atomic E-state index is 13.7. The van der Waals surface area contributed by atoms with Gasteiger partial charge in [-0.05, 0) is 55.3 Å². The quantitative estimate of drug-likeness (QED) is 0.243. The number of anilines is 1. The summed E-state index contributed by atoms with van der Waals surface area (Å²) in [5, 5.41) is 11.3. The van der Waals surface area contributed by atoms with Gasteiger partial charge in [-0.1, -0.05) is 23.5 Å². The molecule has 1 atom stereocenters. The Morgan fingerprint density at radius 3 is 2.40 bits per heavy atom. The van der Waals surface area contributed by atoms with Crippen LogP contribution in [0.25, 0.3) is 5.76 Å². The van der Waals surface area contributed by atoms with Gasteiger partial charge in [0.15, 0.2) is 5.13 Å². The Morgan fingerprint density at radius 2 is 1.80 bits per heavy atom. The fourth-order valence-electron chi connectivity index (χ4n) is 3.93. The van der Waals surface area contributed by atoms with E-state index < -0.39 is 29.5 Å². The number of halogens is 1. The topological polar surface area (TPSA) is 106 Å². The van der Waals surface area contributed by atoms with Crippen LogP contribution in [0.15, 0.2) is 48.0 Å². The molecule has 2 aromatic carbocycles. The van der Waals surface area contributed by atoms with E-state index in [0.717, 1.165) is 16.2 Å². The molecule has 1 fully saturated rings. The zero-order valence-corrected chi connectivity index (χ0v) is 20.1. The van der Waals surface area contributed by atoms with Gasteiger partial charge in [0.05, 0.1) is 31.5 Å². The standard InChI is InChI=1S/C25H21FN2O6S/c1-12-11-16(33-3)9-10-17(12)20(29)18-19(14-5-7-15(26)8-6-14)28(23(31)21(18)30)25-27-13(2)22(35-25)24(32)34-4/h5-11,19,29H,1-4H3/b20-18+/t19-/m0/s1. The Bertz CT molecular complexity index is 1380. The van der Waals surface area contributed by atoms with Crippen molar-refractivity contribution in [3.8, 4) is 5.75 Å². The molecule has 0 saturated carbocycles. The number of Topliss-reactive ketones (excluding diaryl/α,β-unsaturated/α-hetero) is 1. The van der Waals surface area contributed by atoms with Crippen LogP contribution in [0.4, 0.5) is 9.52 Å². The van der Waals surface area contributed by atoms with Gasteiger partial charge in [-0.3, -0.25) is 14.5 Å². The highest BCUT2D eigenvalue weighted by molar-refractivity contribution is 7.17. The van der Waals surface area contributed by atoms with Crippen molar-refractivity contribution < 1.29 is 33.4 Å². The van der Waals surface area contributed by atoms with Gasteiger partial charge in [0.2, 0.25) is 0 Å². The van der Waals surface area contributed by atoms with Crippen LogP contribution >= 0.6 is 11.3 Å². The normalized spacial score (nSPS) is 17.1. The van der Waals surface area contributed by atoms with Gasteiger partial charge < -0.3 is 14.6 Å². The number of aryl methyl sites for hydroxylation is 2. The summed E-state index contributed by atoms with van der Waals surface area (Å²) >= 11 is 0.887. The van der Waals surface area contributed by atoms with Crippen molar-refractivity contribution in [2.45, 2.75) is 19.9 Å².